The fraction of sp³-hybridized carbons (Fsp3) is 0.286. The summed E-state index contributed by atoms with van der Waals surface area (Å²) in [5.41, 5.74) is 0. The fourth-order valence-corrected chi connectivity index (χ4v) is 2.26. The molecule has 0 unspecified atom stereocenters. The molecule has 0 atom stereocenters. The smallest absolute Gasteiger partial charge is 0.224 e. The second-order valence-corrected chi connectivity index (χ2v) is 5.85. The highest BCUT2D eigenvalue weighted by atomic mass is 79.9. The summed E-state index contributed by atoms with van der Waals surface area (Å²) in [5, 5.41) is 3.52. The number of nitrogens with one attached hydrogen (secondary N) is 1. The van der Waals surface area contributed by atoms with Gasteiger partial charge in [0.1, 0.15) is 17.4 Å². The Morgan fingerprint density at radius 1 is 1.25 bits per heavy atom. The lowest BCUT2D eigenvalue weighted by molar-refractivity contribution is 0.457. The summed E-state index contributed by atoms with van der Waals surface area (Å²) in [6, 6.07) is 7.18. The van der Waals surface area contributed by atoms with Crippen molar-refractivity contribution in [2.24, 2.45) is 0 Å². The highest BCUT2D eigenvalue weighted by Gasteiger charge is 2.10. The second kappa shape index (κ2) is 6.41. The highest BCUT2D eigenvalue weighted by Crippen LogP contribution is 2.31. The summed E-state index contributed by atoms with van der Waals surface area (Å²) in [6.07, 6.45) is 0. The van der Waals surface area contributed by atoms with Crippen LogP contribution in [0.15, 0.2) is 28.7 Å². The predicted octanol–water partition coefficient (Wildman–Crippen LogP) is 4.85. The second-order valence-electron chi connectivity index (χ2n) is 4.53. The molecule has 2 aromatic rings. The van der Waals surface area contributed by atoms with Crippen molar-refractivity contribution in [3.8, 4) is 11.6 Å². The van der Waals surface area contributed by atoms with E-state index in [0.717, 1.165) is 10.3 Å². The third-order valence-electron chi connectivity index (χ3n) is 2.60. The van der Waals surface area contributed by atoms with Crippen molar-refractivity contribution in [2.75, 3.05) is 12.4 Å². The average molecular weight is 357 g/mol. The molecular formula is C14H15BrClN3O. The van der Waals surface area contributed by atoms with Gasteiger partial charge in [-0.1, -0.05) is 41.4 Å². The molecular weight excluding hydrogens is 342 g/mol. The molecule has 0 spiro atoms. The molecule has 1 N–H and O–H groups in total. The van der Waals surface area contributed by atoms with Crippen LogP contribution < -0.4 is 10.1 Å². The predicted molar refractivity (Wildman–Crippen MR) is 84.9 cm³/mol. The zero-order chi connectivity index (χ0) is 14.7. The first-order valence-electron chi connectivity index (χ1n) is 6.19. The van der Waals surface area contributed by atoms with Crippen LogP contribution in [-0.4, -0.2) is 17.0 Å². The minimum absolute atomic E-state index is 0.214. The van der Waals surface area contributed by atoms with Crippen LogP contribution >= 0.6 is 27.5 Å². The van der Waals surface area contributed by atoms with Crippen LogP contribution in [0, 0.1) is 0 Å². The Hall–Kier alpha value is -1.33. The zero-order valence-corrected chi connectivity index (χ0v) is 13.8. The van der Waals surface area contributed by atoms with Gasteiger partial charge in [0.25, 0.3) is 0 Å². The number of benzene rings is 1. The molecule has 20 heavy (non-hydrogen) atoms. The Morgan fingerprint density at radius 2 is 2.00 bits per heavy atom. The van der Waals surface area contributed by atoms with Gasteiger partial charge >= 0.3 is 0 Å². The summed E-state index contributed by atoms with van der Waals surface area (Å²) in [6.45, 7) is 4.07. The molecule has 0 aliphatic carbocycles. The Bertz CT molecular complexity index is 619. The van der Waals surface area contributed by atoms with E-state index in [1.54, 1.807) is 18.2 Å². The Morgan fingerprint density at radius 3 is 2.60 bits per heavy atom. The van der Waals surface area contributed by atoms with Crippen molar-refractivity contribution in [1.82, 2.24) is 9.97 Å². The van der Waals surface area contributed by atoms with Crippen molar-refractivity contribution in [1.29, 1.82) is 0 Å². The van der Waals surface area contributed by atoms with E-state index >= 15 is 0 Å². The lowest BCUT2D eigenvalue weighted by atomic mass is 10.2. The maximum Gasteiger partial charge on any atom is 0.224 e. The molecule has 0 aliphatic rings. The number of rotatable bonds is 4. The van der Waals surface area contributed by atoms with Gasteiger partial charge in [-0.2, -0.15) is 4.98 Å². The molecule has 0 saturated heterocycles. The largest absolute Gasteiger partial charge is 0.437 e. The third kappa shape index (κ3) is 3.61. The quantitative estimate of drug-likeness (QED) is 0.850. The number of aromatic nitrogens is 2. The van der Waals surface area contributed by atoms with E-state index in [9.17, 15) is 0 Å². The van der Waals surface area contributed by atoms with Gasteiger partial charge in [-0.25, -0.2) is 4.98 Å². The lowest BCUT2D eigenvalue weighted by Gasteiger charge is -2.11. The Labute approximate surface area is 131 Å². The van der Waals surface area contributed by atoms with Crippen LogP contribution in [0.2, 0.25) is 5.02 Å². The maximum absolute atomic E-state index is 6.14. The minimum atomic E-state index is 0.214. The number of ether oxygens (including phenoxy) is 1. The molecule has 0 aliphatic heterocycles. The summed E-state index contributed by atoms with van der Waals surface area (Å²) in [4.78, 5) is 8.78. The van der Waals surface area contributed by atoms with Gasteiger partial charge in [0.05, 0.1) is 5.02 Å². The molecule has 0 saturated carbocycles. The molecule has 6 heteroatoms. The van der Waals surface area contributed by atoms with E-state index in [2.05, 4.69) is 31.2 Å². The van der Waals surface area contributed by atoms with Crippen LogP contribution in [0.3, 0.4) is 0 Å². The summed E-state index contributed by atoms with van der Waals surface area (Å²) in [7, 11) is 1.81. The normalized spacial score (nSPS) is 10.7. The van der Waals surface area contributed by atoms with Crippen molar-refractivity contribution in [3.63, 3.8) is 0 Å². The molecule has 0 bridgehead atoms. The highest BCUT2D eigenvalue weighted by molar-refractivity contribution is 9.10. The first kappa shape index (κ1) is 15.1. The van der Waals surface area contributed by atoms with E-state index in [0.29, 0.717) is 22.5 Å². The van der Waals surface area contributed by atoms with Gasteiger partial charge in [0, 0.05) is 23.5 Å². The van der Waals surface area contributed by atoms with Crippen LogP contribution in [-0.2, 0) is 0 Å². The van der Waals surface area contributed by atoms with E-state index in [4.69, 9.17) is 16.3 Å². The molecule has 1 aromatic carbocycles. The topological polar surface area (TPSA) is 47.0 Å². The number of halogens is 2. The number of nitrogens with zero attached hydrogens (tertiary/aromatic N) is 2. The molecule has 4 nitrogen and oxygen atoms in total. The van der Waals surface area contributed by atoms with E-state index in [1.165, 1.54) is 0 Å². The first-order chi connectivity index (χ1) is 9.49. The minimum Gasteiger partial charge on any atom is -0.437 e. The van der Waals surface area contributed by atoms with Gasteiger partial charge in [-0.05, 0) is 18.2 Å². The SMILES string of the molecule is CNc1cc(Oc2ccc(Br)cc2Cl)nc(C(C)C)n1. The van der Waals surface area contributed by atoms with Crippen molar-refractivity contribution < 1.29 is 4.74 Å². The number of hydrogen-bond acceptors (Lipinski definition) is 4. The summed E-state index contributed by atoms with van der Waals surface area (Å²) >= 11 is 9.50. The zero-order valence-electron chi connectivity index (χ0n) is 11.4. The molecule has 0 fully saturated rings. The Kier molecular flexibility index (Phi) is 4.83. The van der Waals surface area contributed by atoms with Crippen LogP contribution in [0.5, 0.6) is 11.6 Å². The van der Waals surface area contributed by atoms with Crippen LogP contribution in [0.4, 0.5) is 5.82 Å². The molecule has 1 aromatic heterocycles. The number of hydrogen-bond donors (Lipinski definition) is 1. The summed E-state index contributed by atoms with van der Waals surface area (Å²) < 4.78 is 6.65. The summed E-state index contributed by atoms with van der Waals surface area (Å²) in [5.74, 6) is 2.68. The van der Waals surface area contributed by atoms with Crippen LogP contribution in [0.1, 0.15) is 25.6 Å². The van der Waals surface area contributed by atoms with E-state index < -0.39 is 0 Å². The van der Waals surface area contributed by atoms with Crippen molar-refractivity contribution in [3.05, 3.63) is 39.6 Å². The fourth-order valence-electron chi connectivity index (χ4n) is 1.55. The standard InChI is InChI=1S/C14H15BrClN3O/c1-8(2)14-18-12(17-3)7-13(19-14)20-11-5-4-9(15)6-10(11)16/h4-8H,1-3H3,(H,17,18,19). The van der Waals surface area contributed by atoms with Gasteiger partial charge < -0.3 is 10.1 Å². The molecule has 106 valence electrons. The first-order valence-corrected chi connectivity index (χ1v) is 7.36. The lowest BCUT2D eigenvalue weighted by Crippen LogP contribution is -2.03. The molecule has 2 rings (SSSR count). The van der Waals surface area contributed by atoms with Crippen molar-refractivity contribution in [2.45, 2.75) is 19.8 Å². The molecule has 0 amide bonds. The van der Waals surface area contributed by atoms with E-state index in [1.807, 2.05) is 27.0 Å². The van der Waals surface area contributed by atoms with E-state index in [-0.39, 0.29) is 5.92 Å². The monoisotopic (exact) mass is 355 g/mol. The molecule has 0 radical (unpaired) electrons. The van der Waals surface area contributed by atoms with Gasteiger partial charge in [0.2, 0.25) is 5.88 Å². The van der Waals surface area contributed by atoms with Gasteiger partial charge in [-0.3, -0.25) is 0 Å². The third-order valence-corrected chi connectivity index (χ3v) is 3.39. The van der Waals surface area contributed by atoms with Crippen LogP contribution in [0.25, 0.3) is 0 Å². The van der Waals surface area contributed by atoms with Crippen molar-refractivity contribution >= 4 is 33.3 Å². The maximum atomic E-state index is 6.14. The van der Waals surface area contributed by atoms with Gasteiger partial charge in [0.15, 0.2) is 0 Å². The van der Waals surface area contributed by atoms with Gasteiger partial charge in [-0.15, -0.1) is 0 Å². The Balaban J connectivity index is 2.34. The average Bonchev–Trinajstić information content (AvgIpc) is 2.41. The molecule has 1 heterocycles. The number of anilines is 1.